The summed E-state index contributed by atoms with van der Waals surface area (Å²) in [5.41, 5.74) is 0.889. The topological polar surface area (TPSA) is 69.6 Å². The molecule has 1 saturated heterocycles. The van der Waals surface area contributed by atoms with Crippen LogP contribution in [-0.2, 0) is 16.6 Å². The third kappa shape index (κ3) is 4.27. The zero-order valence-corrected chi connectivity index (χ0v) is 15.9. The first-order valence-corrected chi connectivity index (χ1v) is 10.6. The normalized spacial score (nSPS) is 19.7. The summed E-state index contributed by atoms with van der Waals surface area (Å²) in [5, 5.41) is 12.4. The highest BCUT2D eigenvalue weighted by Crippen LogP contribution is 2.31. The average molecular weight is 413 g/mol. The van der Waals surface area contributed by atoms with Crippen molar-refractivity contribution in [2.24, 2.45) is 0 Å². The maximum atomic E-state index is 11.5. The molecule has 130 valence electrons. The Labute approximate surface area is 150 Å². The number of halogens is 1. The van der Waals surface area contributed by atoms with Crippen LogP contribution in [-0.4, -0.2) is 43.8 Å². The Morgan fingerprint density at radius 2 is 2.12 bits per heavy atom. The minimum atomic E-state index is -3.20. The SMILES string of the molecule is CS(=O)(=O)N[C@@H]1CCCN(Cc2c(O)ccc3cc(Br)ccc23)C1. The van der Waals surface area contributed by atoms with Gasteiger partial charge in [0, 0.05) is 29.2 Å². The van der Waals surface area contributed by atoms with E-state index in [1.807, 2.05) is 24.3 Å². The van der Waals surface area contributed by atoms with Gasteiger partial charge in [-0.3, -0.25) is 4.90 Å². The maximum Gasteiger partial charge on any atom is 0.208 e. The van der Waals surface area contributed by atoms with E-state index in [1.165, 1.54) is 6.26 Å². The van der Waals surface area contributed by atoms with E-state index in [9.17, 15) is 13.5 Å². The Hall–Kier alpha value is -1.15. The molecule has 0 bridgehead atoms. The standard InChI is InChI=1S/C17H21BrN2O3S/c1-24(22,23)19-14-3-2-8-20(10-14)11-16-15-6-5-13(18)9-12(15)4-7-17(16)21/h4-7,9,14,19,21H,2-3,8,10-11H2,1H3/t14-/m1/s1. The zero-order valence-electron chi connectivity index (χ0n) is 13.5. The summed E-state index contributed by atoms with van der Waals surface area (Å²) in [6.45, 7) is 2.15. The van der Waals surface area contributed by atoms with E-state index in [1.54, 1.807) is 6.07 Å². The number of piperidine rings is 1. The highest BCUT2D eigenvalue weighted by atomic mass is 79.9. The second kappa shape index (κ2) is 7.00. The number of likely N-dealkylation sites (tertiary alicyclic amines) is 1. The second-order valence-electron chi connectivity index (χ2n) is 6.39. The lowest BCUT2D eigenvalue weighted by atomic mass is 10.0. The summed E-state index contributed by atoms with van der Waals surface area (Å²) >= 11 is 3.47. The van der Waals surface area contributed by atoms with E-state index in [-0.39, 0.29) is 11.8 Å². The van der Waals surface area contributed by atoms with Crippen LogP contribution in [0.3, 0.4) is 0 Å². The Kier molecular flexibility index (Phi) is 5.15. The van der Waals surface area contributed by atoms with Crippen molar-refractivity contribution in [3.63, 3.8) is 0 Å². The lowest BCUT2D eigenvalue weighted by molar-refractivity contribution is 0.193. The third-order valence-corrected chi connectivity index (χ3v) is 5.59. The number of nitrogens with one attached hydrogen (secondary N) is 1. The van der Waals surface area contributed by atoms with Gasteiger partial charge < -0.3 is 5.11 Å². The third-order valence-electron chi connectivity index (χ3n) is 4.34. The van der Waals surface area contributed by atoms with Gasteiger partial charge in [-0.05, 0) is 48.4 Å². The molecule has 5 nitrogen and oxygen atoms in total. The Morgan fingerprint density at radius 3 is 2.88 bits per heavy atom. The number of phenols is 1. The van der Waals surface area contributed by atoms with Crippen molar-refractivity contribution in [2.75, 3.05) is 19.3 Å². The van der Waals surface area contributed by atoms with E-state index in [2.05, 4.69) is 25.6 Å². The van der Waals surface area contributed by atoms with Gasteiger partial charge in [0.15, 0.2) is 0 Å². The molecule has 0 aliphatic carbocycles. The van der Waals surface area contributed by atoms with Gasteiger partial charge in [-0.1, -0.05) is 28.1 Å². The first kappa shape index (κ1) is 17.7. The summed E-state index contributed by atoms with van der Waals surface area (Å²) in [7, 11) is -3.20. The molecule has 0 unspecified atom stereocenters. The van der Waals surface area contributed by atoms with Crippen LogP contribution in [0, 0.1) is 0 Å². The molecule has 24 heavy (non-hydrogen) atoms. The highest BCUT2D eigenvalue weighted by Gasteiger charge is 2.23. The highest BCUT2D eigenvalue weighted by molar-refractivity contribution is 9.10. The fourth-order valence-corrected chi connectivity index (χ4v) is 4.52. The number of hydrogen-bond acceptors (Lipinski definition) is 4. The molecule has 1 aliphatic rings. The Bertz CT molecular complexity index is 854. The lowest BCUT2D eigenvalue weighted by Crippen LogP contribution is -2.47. The van der Waals surface area contributed by atoms with Crippen LogP contribution in [0.1, 0.15) is 18.4 Å². The minimum absolute atomic E-state index is 0.0694. The van der Waals surface area contributed by atoms with E-state index in [0.29, 0.717) is 13.1 Å². The molecule has 1 fully saturated rings. The lowest BCUT2D eigenvalue weighted by Gasteiger charge is -2.33. The monoisotopic (exact) mass is 412 g/mol. The molecule has 0 amide bonds. The predicted octanol–water partition coefficient (Wildman–Crippen LogP) is 2.82. The van der Waals surface area contributed by atoms with Crippen LogP contribution >= 0.6 is 15.9 Å². The molecular formula is C17H21BrN2O3S. The summed E-state index contributed by atoms with van der Waals surface area (Å²) in [5.74, 6) is 0.281. The van der Waals surface area contributed by atoms with Crippen molar-refractivity contribution in [3.05, 3.63) is 40.4 Å². The van der Waals surface area contributed by atoms with Crippen LogP contribution in [0.2, 0.25) is 0 Å². The maximum absolute atomic E-state index is 11.5. The first-order chi connectivity index (χ1) is 11.3. The molecule has 2 aromatic rings. The van der Waals surface area contributed by atoms with Crippen LogP contribution in [0.5, 0.6) is 5.75 Å². The largest absolute Gasteiger partial charge is 0.508 e. The quantitative estimate of drug-likeness (QED) is 0.809. The van der Waals surface area contributed by atoms with Gasteiger partial charge in [-0.15, -0.1) is 0 Å². The summed E-state index contributed by atoms with van der Waals surface area (Å²) in [4.78, 5) is 2.20. The molecule has 2 N–H and O–H groups in total. The molecule has 2 aromatic carbocycles. The molecule has 1 atom stereocenters. The van der Waals surface area contributed by atoms with Crippen LogP contribution < -0.4 is 4.72 Å². The van der Waals surface area contributed by atoms with Crippen molar-refractivity contribution in [3.8, 4) is 5.75 Å². The molecule has 0 spiro atoms. The number of rotatable bonds is 4. The van der Waals surface area contributed by atoms with Crippen molar-refractivity contribution in [1.82, 2.24) is 9.62 Å². The average Bonchev–Trinajstić information content (AvgIpc) is 2.49. The van der Waals surface area contributed by atoms with Crippen molar-refractivity contribution < 1.29 is 13.5 Å². The summed E-state index contributed by atoms with van der Waals surface area (Å²) in [6.07, 6.45) is 2.97. The fourth-order valence-electron chi connectivity index (χ4n) is 3.34. The molecule has 1 aliphatic heterocycles. The van der Waals surface area contributed by atoms with Crippen molar-refractivity contribution in [2.45, 2.75) is 25.4 Å². The molecule has 0 radical (unpaired) electrons. The van der Waals surface area contributed by atoms with E-state index >= 15 is 0 Å². The van der Waals surface area contributed by atoms with E-state index in [4.69, 9.17) is 0 Å². The number of benzene rings is 2. The van der Waals surface area contributed by atoms with Crippen molar-refractivity contribution in [1.29, 1.82) is 0 Å². The number of fused-ring (bicyclic) bond motifs is 1. The zero-order chi connectivity index (χ0) is 17.3. The Balaban J connectivity index is 1.83. The van der Waals surface area contributed by atoms with Gasteiger partial charge in [0.2, 0.25) is 10.0 Å². The Morgan fingerprint density at radius 1 is 1.33 bits per heavy atom. The summed E-state index contributed by atoms with van der Waals surface area (Å²) in [6, 6.07) is 9.56. The molecule has 3 rings (SSSR count). The smallest absolute Gasteiger partial charge is 0.208 e. The van der Waals surface area contributed by atoms with Gasteiger partial charge in [-0.25, -0.2) is 13.1 Å². The van der Waals surface area contributed by atoms with Gasteiger partial charge in [0.05, 0.1) is 6.26 Å². The van der Waals surface area contributed by atoms with Gasteiger partial charge in [0.1, 0.15) is 5.75 Å². The van der Waals surface area contributed by atoms with Crippen molar-refractivity contribution >= 4 is 36.7 Å². The number of hydrogen-bond donors (Lipinski definition) is 2. The summed E-state index contributed by atoms with van der Waals surface area (Å²) < 4.78 is 26.6. The number of sulfonamides is 1. The first-order valence-electron chi connectivity index (χ1n) is 7.91. The molecule has 0 aromatic heterocycles. The van der Waals surface area contributed by atoms with Gasteiger partial charge >= 0.3 is 0 Å². The fraction of sp³-hybridized carbons (Fsp3) is 0.412. The van der Waals surface area contributed by atoms with Crippen LogP contribution in [0.4, 0.5) is 0 Å². The molecule has 0 saturated carbocycles. The van der Waals surface area contributed by atoms with Crippen LogP contribution in [0.15, 0.2) is 34.8 Å². The van der Waals surface area contributed by atoms with E-state index < -0.39 is 10.0 Å². The number of nitrogens with zero attached hydrogens (tertiary/aromatic N) is 1. The van der Waals surface area contributed by atoms with Gasteiger partial charge in [0.25, 0.3) is 0 Å². The van der Waals surface area contributed by atoms with Gasteiger partial charge in [-0.2, -0.15) is 0 Å². The van der Waals surface area contributed by atoms with E-state index in [0.717, 1.165) is 40.2 Å². The molecular weight excluding hydrogens is 392 g/mol. The molecule has 1 heterocycles. The number of phenolic OH excluding ortho intramolecular Hbond substituents is 1. The second-order valence-corrected chi connectivity index (χ2v) is 9.09. The predicted molar refractivity (Wildman–Crippen MR) is 99.6 cm³/mol. The minimum Gasteiger partial charge on any atom is -0.508 e. The number of aromatic hydroxyl groups is 1. The van der Waals surface area contributed by atoms with Crippen LogP contribution in [0.25, 0.3) is 10.8 Å². The molecule has 7 heteroatoms.